The molecule has 0 saturated heterocycles. The molecule has 1 rings (SSSR count). The Morgan fingerprint density at radius 2 is 1.88 bits per heavy atom. The molecule has 6 heteroatoms. The summed E-state index contributed by atoms with van der Waals surface area (Å²) in [5, 5.41) is 2.07. The van der Waals surface area contributed by atoms with Crippen LogP contribution in [0.1, 0.15) is 12.5 Å². The molecule has 0 radical (unpaired) electrons. The van der Waals surface area contributed by atoms with Gasteiger partial charge in [-0.1, -0.05) is 6.07 Å². The molecule has 1 aromatic carbocycles. The highest BCUT2D eigenvalue weighted by Gasteiger charge is 2.30. The summed E-state index contributed by atoms with van der Waals surface area (Å²) < 4.78 is 36.9. The maximum Gasteiger partial charge on any atom is 0.416 e. The molecule has 0 unspecified atom stereocenters. The summed E-state index contributed by atoms with van der Waals surface area (Å²) in [4.78, 5) is 21.5. The van der Waals surface area contributed by atoms with Crippen LogP contribution >= 0.6 is 0 Å². The number of nitrogens with one attached hydrogen (secondary N) is 1. The molecule has 16 heavy (non-hydrogen) atoms. The molecule has 0 fully saturated rings. The van der Waals surface area contributed by atoms with Crippen LogP contribution in [0.15, 0.2) is 24.3 Å². The molecule has 0 aromatic heterocycles. The van der Waals surface area contributed by atoms with E-state index in [1.807, 2.05) is 0 Å². The third-order valence-corrected chi connectivity index (χ3v) is 1.77. The normalized spacial score (nSPS) is 11.0. The third-order valence-electron chi connectivity index (χ3n) is 1.77. The number of alkyl halides is 3. The number of halogens is 3. The Kier molecular flexibility index (Phi) is 3.31. The summed E-state index contributed by atoms with van der Waals surface area (Å²) in [5.41, 5.74) is -0.941. The fraction of sp³-hybridized carbons (Fsp3) is 0.200. The van der Waals surface area contributed by atoms with Gasteiger partial charge in [-0.15, -0.1) is 0 Å². The van der Waals surface area contributed by atoms with Gasteiger partial charge in [0.2, 0.25) is 5.78 Å². The van der Waals surface area contributed by atoms with Crippen LogP contribution in [0.25, 0.3) is 0 Å². The molecule has 0 atom stereocenters. The highest BCUT2D eigenvalue weighted by Crippen LogP contribution is 2.30. The van der Waals surface area contributed by atoms with E-state index in [9.17, 15) is 22.8 Å². The fourth-order valence-corrected chi connectivity index (χ4v) is 0.992. The highest BCUT2D eigenvalue weighted by atomic mass is 19.4. The minimum absolute atomic E-state index is 0.0602. The van der Waals surface area contributed by atoms with Crippen molar-refractivity contribution in [2.24, 2.45) is 0 Å². The van der Waals surface area contributed by atoms with Gasteiger partial charge in [0.1, 0.15) is 0 Å². The Morgan fingerprint density at radius 1 is 1.25 bits per heavy atom. The minimum atomic E-state index is -4.48. The predicted molar refractivity (Wildman–Crippen MR) is 50.8 cm³/mol. The van der Waals surface area contributed by atoms with E-state index in [-0.39, 0.29) is 5.69 Å². The smallest absolute Gasteiger partial charge is 0.319 e. The molecule has 0 aliphatic rings. The lowest BCUT2D eigenvalue weighted by atomic mass is 10.2. The number of benzene rings is 1. The molecule has 3 nitrogen and oxygen atoms in total. The number of hydrogen-bond acceptors (Lipinski definition) is 2. The van der Waals surface area contributed by atoms with Gasteiger partial charge in [0.15, 0.2) is 0 Å². The molecule has 0 aliphatic heterocycles. The fourth-order valence-electron chi connectivity index (χ4n) is 0.992. The average Bonchev–Trinajstić information content (AvgIpc) is 2.16. The Morgan fingerprint density at radius 3 is 2.38 bits per heavy atom. The summed E-state index contributed by atoms with van der Waals surface area (Å²) in [6.07, 6.45) is -4.48. The van der Waals surface area contributed by atoms with Crippen molar-refractivity contribution in [2.45, 2.75) is 13.1 Å². The van der Waals surface area contributed by atoms with Crippen molar-refractivity contribution in [1.29, 1.82) is 0 Å². The van der Waals surface area contributed by atoms with Gasteiger partial charge in [0, 0.05) is 12.6 Å². The second kappa shape index (κ2) is 4.34. The number of amides is 1. The minimum Gasteiger partial charge on any atom is -0.319 e. The molecular weight excluding hydrogens is 223 g/mol. The number of carbonyl (C=O) groups is 2. The van der Waals surface area contributed by atoms with Crippen molar-refractivity contribution in [2.75, 3.05) is 5.32 Å². The number of carbonyl (C=O) groups excluding carboxylic acids is 2. The Labute approximate surface area is 89.3 Å². The topological polar surface area (TPSA) is 46.2 Å². The van der Waals surface area contributed by atoms with Crippen LogP contribution in [0.4, 0.5) is 18.9 Å². The van der Waals surface area contributed by atoms with Crippen molar-refractivity contribution in [1.82, 2.24) is 0 Å². The van der Waals surface area contributed by atoms with Gasteiger partial charge in [-0.25, -0.2) is 0 Å². The number of rotatable bonds is 2. The van der Waals surface area contributed by atoms with E-state index in [1.165, 1.54) is 6.07 Å². The van der Waals surface area contributed by atoms with E-state index >= 15 is 0 Å². The first-order valence-electron chi connectivity index (χ1n) is 4.30. The molecule has 86 valence electrons. The van der Waals surface area contributed by atoms with Crippen molar-refractivity contribution < 1.29 is 22.8 Å². The van der Waals surface area contributed by atoms with Crippen molar-refractivity contribution in [3.05, 3.63) is 29.8 Å². The molecule has 0 heterocycles. The largest absolute Gasteiger partial charge is 0.416 e. The molecule has 0 bridgehead atoms. The van der Waals surface area contributed by atoms with E-state index < -0.39 is 23.4 Å². The van der Waals surface area contributed by atoms with Gasteiger partial charge in [-0.3, -0.25) is 9.59 Å². The summed E-state index contributed by atoms with van der Waals surface area (Å²) in [5.74, 6) is -1.71. The van der Waals surface area contributed by atoms with Crippen molar-refractivity contribution in [3.8, 4) is 0 Å². The summed E-state index contributed by atoms with van der Waals surface area (Å²) in [6.45, 7) is 1.03. The van der Waals surface area contributed by atoms with Crippen LogP contribution in [-0.4, -0.2) is 11.7 Å². The second-order valence-electron chi connectivity index (χ2n) is 3.09. The van der Waals surface area contributed by atoms with E-state index in [1.54, 1.807) is 0 Å². The molecule has 0 spiro atoms. The Hall–Kier alpha value is -1.85. The molecular formula is C10H8F3NO2. The number of anilines is 1. The van der Waals surface area contributed by atoms with Gasteiger partial charge >= 0.3 is 6.18 Å². The number of ketones is 1. The average molecular weight is 231 g/mol. The molecule has 0 aliphatic carbocycles. The lowest BCUT2D eigenvalue weighted by molar-refractivity contribution is -0.137. The Bertz CT molecular complexity index is 426. The molecule has 1 N–H and O–H groups in total. The zero-order valence-electron chi connectivity index (χ0n) is 8.26. The van der Waals surface area contributed by atoms with E-state index in [2.05, 4.69) is 5.32 Å². The molecule has 0 saturated carbocycles. The van der Waals surface area contributed by atoms with Crippen LogP contribution in [0, 0.1) is 0 Å². The van der Waals surface area contributed by atoms with Gasteiger partial charge in [-0.2, -0.15) is 13.2 Å². The first kappa shape index (κ1) is 12.2. The zero-order valence-corrected chi connectivity index (χ0v) is 8.26. The number of hydrogen-bond donors (Lipinski definition) is 1. The van der Waals surface area contributed by atoms with Crippen LogP contribution in [0.5, 0.6) is 0 Å². The maximum absolute atomic E-state index is 12.3. The van der Waals surface area contributed by atoms with Crippen LogP contribution < -0.4 is 5.32 Å². The second-order valence-corrected chi connectivity index (χ2v) is 3.09. The maximum atomic E-state index is 12.3. The standard InChI is InChI=1S/C10H8F3NO2/c1-6(15)9(16)14-8-4-2-3-7(5-8)10(11,12)13/h2-5H,1H3,(H,14,16). The first-order valence-corrected chi connectivity index (χ1v) is 4.30. The lowest BCUT2D eigenvalue weighted by Gasteiger charge is -2.08. The monoisotopic (exact) mass is 231 g/mol. The van der Waals surface area contributed by atoms with Crippen LogP contribution in [0.2, 0.25) is 0 Å². The van der Waals surface area contributed by atoms with Crippen molar-refractivity contribution >= 4 is 17.4 Å². The lowest BCUT2D eigenvalue weighted by Crippen LogP contribution is -2.20. The van der Waals surface area contributed by atoms with Gasteiger partial charge < -0.3 is 5.32 Å². The van der Waals surface area contributed by atoms with Gasteiger partial charge in [0.25, 0.3) is 5.91 Å². The van der Waals surface area contributed by atoms with Crippen LogP contribution in [-0.2, 0) is 15.8 Å². The third kappa shape index (κ3) is 3.08. The van der Waals surface area contributed by atoms with E-state index in [4.69, 9.17) is 0 Å². The quantitative estimate of drug-likeness (QED) is 0.793. The summed E-state index contributed by atoms with van der Waals surface area (Å²) >= 11 is 0. The molecule has 1 aromatic rings. The van der Waals surface area contributed by atoms with E-state index in [0.717, 1.165) is 25.1 Å². The Balaban J connectivity index is 2.92. The summed E-state index contributed by atoms with van der Waals surface area (Å²) in [6, 6.07) is 4.07. The summed E-state index contributed by atoms with van der Waals surface area (Å²) in [7, 11) is 0. The molecule has 1 amide bonds. The number of Topliss-reactive ketones (excluding diaryl/α,β-unsaturated/α-hetero) is 1. The van der Waals surface area contributed by atoms with Gasteiger partial charge in [0.05, 0.1) is 5.56 Å². The zero-order chi connectivity index (χ0) is 12.3. The predicted octanol–water partition coefficient (Wildman–Crippen LogP) is 2.23. The van der Waals surface area contributed by atoms with E-state index in [0.29, 0.717) is 0 Å². The SMILES string of the molecule is CC(=O)C(=O)Nc1cccc(C(F)(F)F)c1. The first-order chi connectivity index (χ1) is 7.30. The van der Waals surface area contributed by atoms with Crippen LogP contribution in [0.3, 0.4) is 0 Å². The highest BCUT2D eigenvalue weighted by molar-refractivity contribution is 6.39. The van der Waals surface area contributed by atoms with Crippen molar-refractivity contribution in [3.63, 3.8) is 0 Å². The van der Waals surface area contributed by atoms with Gasteiger partial charge in [-0.05, 0) is 18.2 Å².